The summed E-state index contributed by atoms with van der Waals surface area (Å²) in [6, 6.07) is -17.6. The van der Waals surface area contributed by atoms with E-state index in [2.05, 4.69) is 0 Å². The topological polar surface area (TPSA) is 13.1 Å². The summed E-state index contributed by atoms with van der Waals surface area (Å²) in [5, 5.41) is -4.95. The Morgan fingerprint density at radius 2 is 0.951 bits per heavy atom. The van der Waals surface area contributed by atoms with E-state index in [0.29, 0.717) is 0 Å². The summed E-state index contributed by atoms with van der Waals surface area (Å²) in [5.74, 6) is 0. The first-order valence-corrected chi connectivity index (χ1v) is 12.2. The van der Waals surface area contributed by atoms with Gasteiger partial charge in [0.15, 0.2) is 0 Å². The lowest BCUT2D eigenvalue weighted by Crippen LogP contribution is -1.92. The van der Waals surface area contributed by atoms with Crippen LogP contribution in [-0.2, 0) is 0 Å². The molecule has 41 heavy (non-hydrogen) atoms. The Morgan fingerprint density at radius 3 is 1.68 bits per heavy atom. The van der Waals surface area contributed by atoms with Gasteiger partial charge in [-0.25, -0.2) is 0 Å². The Balaban J connectivity index is 1.69. The molecule has 0 radical (unpaired) electrons. The normalized spacial score (nSPS) is 19.8. The fraction of sp³-hybridized carbons (Fsp3) is 0. The zero-order valence-corrected chi connectivity index (χ0v) is 20.5. The first kappa shape index (κ1) is 9.61. The quantitative estimate of drug-likeness (QED) is 0.156. The molecule has 1 aromatic heterocycles. The molecule has 0 N–H and O–H groups in total. The van der Waals surface area contributed by atoms with Crippen LogP contribution >= 0.6 is 0 Å². The predicted molar refractivity (Wildman–Crippen MR) is 175 cm³/mol. The molecule has 0 saturated carbocycles. The fourth-order valence-corrected chi connectivity index (χ4v) is 5.27. The Hall–Kier alpha value is -5.40. The van der Waals surface area contributed by atoms with Gasteiger partial charge in [0.25, 0.3) is 0 Å². The molecule has 1 heteroatoms. The van der Waals surface area contributed by atoms with Gasteiger partial charge < -0.3 is 4.42 Å². The number of hydrogen-bond acceptors (Lipinski definition) is 1. The minimum absolute atomic E-state index is 0.227. The molecule has 1 nitrogen and oxygen atoms in total. The van der Waals surface area contributed by atoms with Crippen LogP contribution < -0.4 is 0 Å². The number of fused-ring (bicyclic) bond motifs is 8. The molecule has 0 fully saturated rings. The van der Waals surface area contributed by atoms with Crippen LogP contribution in [0.25, 0.3) is 87.3 Å². The highest BCUT2D eigenvalue weighted by atomic mass is 16.3. The summed E-state index contributed by atoms with van der Waals surface area (Å²) in [6.07, 6.45) is 0. The molecule has 0 unspecified atom stereocenters. The highest BCUT2D eigenvalue weighted by Gasteiger charge is 2.19. The van der Waals surface area contributed by atoms with E-state index >= 15 is 0 Å². The molecule has 0 aliphatic heterocycles. The van der Waals surface area contributed by atoms with Gasteiger partial charge in [-0.15, -0.1) is 0 Å². The highest BCUT2D eigenvalue weighted by molar-refractivity contribution is 6.26. The minimum Gasteiger partial charge on any atom is -0.456 e. The van der Waals surface area contributed by atoms with E-state index in [1.54, 1.807) is 0 Å². The summed E-state index contributed by atoms with van der Waals surface area (Å²) < 4.78 is 212. The maximum atomic E-state index is 9.72. The van der Waals surface area contributed by atoms with E-state index in [1.807, 2.05) is 0 Å². The van der Waals surface area contributed by atoms with Crippen LogP contribution in [0, 0.1) is 0 Å². The van der Waals surface area contributed by atoms with E-state index in [1.165, 1.54) is 0 Å². The molecular formula is C40H24O. The van der Waals surface area contributed by atoms with Crippen molar-refractivity contribution < 1.29 is 35.9 Å². The maximum Gasteiger partial charge on any atom is 0.135 e. The molecule has 0 saturated heterocycles. The summed E-state index contributed by atoms with van der Waals surface area (Å²) >= 11 is 0. The third-order valence-electron chi connectivity index (χ3n) is 6.96. The standard InChI is InChI=1S/C40H24O/c1-2-12-27-25(11-1)23-36(29-14-4-3-13-28(27)29)40-33-18-7-5-16-31(33)39(32-17-6-8-19-34(32)40)26-21-22-38-35(24-26)30-15-9-10-20-37(30)41-38/h1-24H/i1D,2D,3D,4D,5D,6D,7D,8D,9D,10D,11D,13D,14D,15D,16D,17D,18D,19D,20D,21D,22D,23D,24D. The first-order chi connectivity index (χ1) is 29.9. The van der Waals surface area contributed by atoms with Crippen LogP contribution in [0.4, 0.5) is 0 Å². The largest absolute Gasteiger partial charge is 0.456 e. The average Bonchev–Trinajstić information content (AvgIpc) is 3.68. The number of rotatable bonds is 2. The molecular weight excluding hydrogens is 496 g/mol. The number of para-hydroxylation sites is 1. The number of benzene rings is 8. The van der Waals surface area contributed by atoms with Gasteiger partial charge >= 0.3 is 0 Å². The van der Waals surface area contributed by atoms with Crippen LogP contribution in [0.5, 0.6) is 0 Å². The number of furan rings is 1. The van der Waals surface area contributed by atoms with Crippen LogP contribution in [-0.4, -0.2) is 0 Å². The molecule has 9 aromatic rings. The Kier molecular flexibility index (Phi) is 2.00. The smallest absolute Gasteiger partial charge is 0.135 e. The van der Waals surface area contributed by atoms with Gasteiger partial charge in [-0.2, -0.15) is 0 Å². The molecule has 0 aliphatic rings. The third-order valence-corrected chi connectivity index (χ3v) is 6.96. The van der Waals surface area contributed by atoms with Gasteiger partial charge in [0.05, 0.1) is 31.5 Å². The maximum absolute atomic E-state index is 9.72. The van der Waals surface area contributed by atoms with Gasteiger partial charge in [0.1, 0.15) is 11.2 Å². The van der Waals surface area contributed by atoms with Crippen molar-refractivity contribution in [1.82, 2.24) is 0 Å². The van der Waals surface area contributed by atoms with Crippen LogP contribution in [0.2, 0.25) is 0 Å². The summed E-state index contributed by atoms with van der Waals surface area (Å²) in [5.41, 5.74) is -3.53. The second kappa shape index (κ2) is 8.55. The van der Waals surface area contributed by atoms with E-state index in [4.69, 9.17) is 25.0 Å². The molecule has 0 aliphatic carbocycles. The number of hydrogen-bond donors (Lipinski definition) is 0. The molecule has 0 amide bonds. The first-order valence-electron chi connectivity index (χ1n) is 23.7. The van der Waals surface area contributed by atoms with Gasteiger partial charge in [0, 0.05) is 10.8 Å². The molecule has 8 aromatic carbocycles. The Bertz CT molecular complexity index is 3680. The van der Waals surface area contributed by atoms with Gasteiger partial charge in [-0.3, -0.25) is 0 Å². The summed E-state index contributed by atoms with van der Waals surface area (Å²) in [7, 11) is 0. The van der Waals surface area contributed by atoms with E-state index in [-0.39, 0.29) is 16.2 Å². The SMILES string of the molecule is [2H]c1cc2c(c([2H])c1[2H])c([2H])c(-c1c3c([2H])c([2H])c([2H])c([2H])c3c(-c3c([2H])c([2H])c4oc5c([2H])c([2H])c([2H])c([2H])c5c4c3[2H])c3c([2H])c([2H])c([2H])c([2H])c13)c1c([2H])c([2H])c([2H])c([2H])c12. The van der Waals surface area contributed by atoms with Crippen LogP contribution in [0.15, 0.2) is 149 Å². The predicted octanol–water partition coefficient (Wildman–Crippen LogP) is 11.5. The van der Waals surface area contributed by atoms with E-state index in [0.717, 1.165) is 6.07 Å². The zero-order valence-electron chi connectivity index (χ0n) is 43.5. The molecule has 190 valence electrons. The van der Waals surface area contributed by atoms with E-state index in [9.17, 15) is 11.0 Å². The highest BCUT2D eigenvalue weighted by Crippen LogP contribution is 2.47. The second-order valence-corrected chi connectivity index (χ2v) is 9.09. The van der Waals surface area contributed by atoms with Crippen LogP contribution in [0.3, 0.4) is 0 Å². The van der Waals surface area contributed by atoms with Gasteiger partial charge in [0.2, 0.25) is 0 Å². The van der Waals surface area contributed by atoms with Crippen molar-refractivity contribution in [3.8, 4) is 22.3 Å². The minimum atomic E-state index is -0.928. The lowest BCUT2D eigenvalue weighted by Gasteiger charge is -2.19. The third kappa shape index (κ3) is 3.24. The van der Waals surface area contributed by atoms with Crippen molar-refractivity contribution in [1.29, 1.82) is 0 Å². The van der Waals surface area contributed by atoms with Crippen molar-refractivity contribution in [3.63, 3.8) is 0 Å². The van der Waals surface area contributed by atoms with Crippen molar-refractivity contribution >= 4 is 65.0 Å². The molecule has 0 bridgehead atoms. The average molecular weight is 544 g/mol. The van der Waals surface area contributed by atoms with E-state index < -0.39 is 210 Å². The van der Waals surface area contributed by atoms with Crippen molar-refractivity contribution in [2.45, 2.75) is 0 Å². The monoisotopic (exact) mass is 543 g/mol. The lowest BCUT2D eigenvalue weighted by atomic mass is 9.83. The van der Waals surface area contributed by atoms with Gasteiger partial charge in [-0.05, 0) is 89.5 Å². The summed E-state index contributed by atoms with van der Waals surface area (Å²) in [6.45, 7) is 0. The molecule has 0 spiro atoms. The van der Waals surface area contributed by atoms with Gasteiger partial charge in [-0.1, -0.05) is 121 Å². The summed E-state index contributed by atoms with van der Waals surface area (Å²) in [4.78, 5) is 0. The Labute approximate surface area is 269 Å². The molecule has 1 heterocycles. The Morgan fingerprint density at radius 1 is 0.390 bits per heavy atom. The van der Waals surface area contributed by atoms with Crippen molar-refractivity contribution in [2.75, 3.05) is 0 Å². The fourth-order valence-electron chi connectivity index (χ4n) is 5.27. The zero-order chi connectivity index (χ0) is 46.9. The van der Waals surface area contributed by atoms with Crippen LogP contribution in [0.1, 0.15) is 31.5 Å². The molecule has 9 rings (SSSR count). The lowest BCUT2D eigenvalue weighted by molar-refractivity contribution is 0.669. The van der Waals surface area contributed by atoms with Crippen molar-refractivity contribution in [2.24, 2.45) is 0 Å². The second-order valence-electron chi connectivity index (χ2n) is 9.09. The van der Waals surface area contributed by atoms with Crippen molar-refractivity contribution in [3.05, 3.63) is 145 Å². The molecule has 0 atom stereocenters.